The van der Waals surface area contributed by atoms with Gasteiger partial charge in [-0.05, 0) is 42.8 Å². The SMILES string of the molecule is CCOc1cc(/C=N/NC(=O)CCN2CCN(c3ccccc3)CC2)ccc1OC. The lowest BCUT2D eigenvalue weighted by Gasteiger charge is -2.36. The number of hydrogen-bond donors (Lipinski definition) is 1. The highest BCUT2D eigenvalue weighted by molar-refractivity contribution is 5.83. The summed E-state index contributed by atoms with van der Waals surface area (Å²) in [7, 11) is 1.60. The van der Waals surface area contributed by atoms with Crippen LogP contribution in [0.3, 0.4) is 0 Å². The molecule has 2 aromatic carbocycles. The van der Waals surface area contributed by atoms with Crippen molar-refractivity contribution in [2.45, 2.75) is 13.3 Å². The Morgan fingerprint density at radius 1 is 1.10 bits per heavy atom. The van der Waals surface area contributed by atoms with E-state index in [1.807, 2.05) is 31.2 Å². The van der Waals surface area contributed by atoms with Gasteiger partial charge in [-0.25, -0.2) is 5.43 Å². The molecule has 2 aromatic rings. The highest BCUT2D eigenvalue weighted by Gasteiger charge is 2.17. The van der Waals surface area contributed by atoms with Gasteiger partial charge in [-0.3, -0.25) is 9.69 Å². The predicted molar refractivity (Wildman–Crippen MR) is 120 cm³/mol. The lowest BCUT2D eigenvalue weighted by atomic mass is 10.2. The molecule has 1 aliphatic rings. The van der Waals surface area contributed by atoms with Crippen LogP contribution >= 0.6 is 0 Å². The molecule has 0 aromatic heterocycles. The van der Waals surface area contributed by atoms with Crippen LogP contribution in [0.5, 0.6) is 11.5 Å². The second-order valence-electron chi connectivity index (χ2n) is 7.05. The van der Waals surface area contributed by atoms with E-state index in [2.05, 4.69) is 44.6 Å². The molecule has 3 rings (SSSR count). The molecule has 1 fully saturated rings. The van der Waals surface area contributed by atoms with E-state index in [4.69, 9.17) is 9.47 Å². The van der Waals surface area contributed by atoms with E-state index >= 15 is 0 Å². The third kappa shape index (κ3) is 6.22. The molecule has 1 aliphatic heterocycles. The number of nitrogens with one attached hydrogen (secondary N) is 1. The van der Waals surface area contributed by atoms with E-state index in [1.165, 1.54) is 5.69 Å². The molecule has 1 saturated heterocycles. The number of para-hydroxylation sites is 1. The predicted octanol–water partition coefficient (Wildman–Crippen LogP) is 2.76. The van der Waals surface area contributed by atoms with Crippen molar-refractivity contribution in [2.24, 2.45) is 5.10 Å². The molecular weight excluding hydrogens is 380 g/mol. The number of anilines is 1. The normalized spacial score (nSPS) is 14.7. The van der Waals surface area contributed by atoms with E-state index in [9.17, 15) is 4.79 Å². The Labute approximate surface area is 178 Å². The Hall–Kier alpha value is -3.06. The first-order valence-electron chi connectivity index (χ1n) is 10.3. The standard InChI is InChI=1S/C23H30N4O3/c1-3-30-22-17-19(9-10-21(22)29-2)18-24-25-23(28)11-12-26-13-15-27(16-14-26)20-7-5-4-6-8-20/h4-10,17-18H,3,11-16H2,1-2H3,(H,25,28)/b24-18+. The van der Waals surface area contributed by atoms with Crippen molar-refractivity contribution in [3.8, 4) is 11.5 Å². The maximum absolute atomic E-state index is 12.1. The van der Waals surface area contributed by atoms with Crippen molar-refractivity contribution in [2.75, 3.05) is 51.3 Å². The third-order valence-corrected chi connectivity index (χ3v) is 5.04. The molecule has 1 amide bonds. The molecule has 0 bridgehead atoms. The van der Waals surface area contributed by atoms with Gasteiger partial charge in [0.15, 0.2) is 11.5 Å². The van der Waals surface area contributed by atoms with Gasteiger partial charge < -0.3 is 14.4 Å². The van der Waals surface area contributed by atoms with Gasteiger partial charge in [0.25, 0.3) is 0 Å². The molecule has 7 nitrogen and oxygen atoms in total. The van der Waals surface area contributed by atoms with E-state index in [0.717, 1.165) is 38.3 Å². The Balaban J connectivity index is 1.40. The smallest absolute Gasteiger partial charge is 0.241 e. The summed E-state index contributed by atoms with van der Waals surface area (Å²) in [6, 6.07) is 16.0. The van der Waals surface area contributed by atoms with Crippen LogP contribution in [0.25, 0.3) is 0 Å². The molecule has 0 radical (unpaired) electrons. The van der Waals surface area contributed by atoms with E-state index in [-0.39, 0.29) is 5.91 Å². The van der Waals surface area contributed by atoms with Gasteiger partial charge in [0.2, 0.25) is 5.91 Å². The molecule has 160 valence electrons. The molecule has 0 saturated carbocycles. The molecule has 1 heterocycles. The number of rotatable bonds is 9. The molecule has 0 spiro atoms. The van der Waals surface area contributed by atoms with Crippen molar-refractivity contribution in [1.29, 1.82) is 0 Å². The number of nitrogens with zero attached hydrogens (tertiary/aromatic N) is 3. The summed E-state index contributed by atoms with van der Waals surface area (Å²) >= 11 is 0. The van der Waals surface area contributed by atoms with Gasteiger partial charge >= 0.3 is 0 Å². The summed E-state index contributed by atoms with van der Waals surface area (Å²) < 4.78 is 10.8. The quantitative estimate of drug-likeness (QED) is 0.509. The number of hydrogen-bond acceptors (Lipinski definition) is 6. The van der Waals surface area contributed by atoms with Gasteiger partial charge in [0.1, 0.15) is 0 Å². The van der Waals surface area contributed by atoms with Crippen LogP contribution in [0.2, 0.25) is 0 Å². The highest BCUT2D eigenvalue weighted by atomic mass is 16.5. The summed E-state index contributed by atoms with van der Waals surface area (Å²) in [5.74, 6) is 1.24. The number of ether oxygens (including phenoxy) is 2. The number of carbonyl (C=O) groups excluding carboxylic acids is 1. The first kappa shape index (κ1) is 21.6. The number of hydrazone groups is 1. The van der Waals surface area contributed by atoms with Crippen molar-refractivity contribution >= 4 is 17.8 Å². The summed E-state index contributed by atoms with van der Waals surface area (Å²) in [5, 5.41) is 4.07. The van der Waals surface area contributed by atoms with Gasteiger partial charge in [-0.2, -0.15) is 5.10 Å². The molecule has 0 atom stereocenters. The van der Waals surface area contributed by atoms with Crippen LogP contribution < -0.4 is 19.8 Å². The molecule has 1 N–H and O–H groups in total. The number of methoxy groups -OCH3 is 1. The minimum atomic E-state index is -0.0877. The van der Waals surface area contributed by atoms with Crippen molar-refractivity contribution in [3.63, 3.8) is 0 Å². The third-order valence-electron chi connectivity index (χ3n) is 5.04. The molecule has 30 heavy (non-hydrogen) atoms. The zero-order chi connectivity index (χ0) is 21.2. The largest absolute Gasteiger partial charge is 0.493 e. The summed E-state index contributed by atoms with van der Waals surface area (Å²) in [4.78, 5) is 16.8. The lowest BCUT2D eigenvalue weighted by molar-refractivity contribution is -0.121. The molecule has 7 heteroatoms. The average Bonchev–Trinajstić information content (AvgIpc) is 2.79. The number of piperazine rings is 1. The van der Waals surface area contributed by atoms with Gasteiger partial charge in [0.05, 0.1) is 19.9 Å². The fraction of sp³-hybridized carbons (Fsp3) is 0.391. The van der Waals surface area contributed by atoms with Gasteiger partial charge in [-0.1, -0.05) is 18.2 Å². The molecule has 0 unspecified atom stereocenters. The van der Waals surface area contributed by atoms with Crippen LogP contribution in [-0.2, 0) is 4.79 Å². The Morgan fingerprint density at radius 2 is 1.87 bits per heavy atom. The van der Waals surface area contributed by atoms with Crippen LogP contribution in [0, 0.1) is 0 Å². The Kier molecular flexibility index (Phi) is 8.09. The minimum absolute atomic E-state index is 0.0877. The summed E-state index contributed by atoms with van der Waals surface area (Å²) in [5.41, 5.74) is 4.70. The topological polar surface area (TPSA) is 66.4 Å². The van der Waals surface area contributed by atoms with E-state index in [1.54, 1.807) is 13.3 Å². The molecular formula is C23H30N4O3. The Morgan fingerprint density at radius 3 is 2.57 bits per heavy atom. The minimum Gasteiger partial charge on any atom is -0.493 e. The molecule has 0 aliphatic carbocycles. The number of carbonyl (C=O) groups is 1. The fourth-order valence-corrected chi connectivity index (χ4v) is 3.40. The number of amides is 1. The van der Waals surface area contributed by atoms with E-state index < -0.39 is 0 Å². The van der Waals surface area contributed by atoms with E-state index in [0.29, 0.717) is 24.5 Å². The van der Waals surface area contributed by atoms with Crippen LogP contribution in [-0.4, -0.2) is 63.5 Å². The maximum Gasteiger partial charge on any atom is 0.241 e. The fourth-order valence-electron chi connectivity index (χ4n) is 3.40. The van der Waals surface area contributed by atoms with Crippen LogP contribution in [0.15, 0.2) is 53.6 Å². The number of benzene rings is 2. The second-order valence-corrected chi connectivity index (χ2v) is 7.05. The highest BCUT2D eigenvalue weighted by Crippen LogP contribution is 2.27. The van der Waals surface area contributed by atoms with Crippen molar-refractivity contribution < 1.29 is 14.3 Å². The lowest BCUT2D eigenvalue weighted by Crippen LogP contribution is -2.47. The monoisotopic (exact) mass is 410 g/mol. The summed E-state index contributed by atoms with van der Waals surface area (Å²) in [6.45, 7) is 7.07. The average molecular weight is 411 g/mol. The Bertz CT molecular complexity index is 834. The van der Waals surface area contributed by atoms with Gasteiger partial charge in [-0.15, -0.1) is 0 Å². The van der Waals surface area contributed by atoms with Crippen molar-refractivity contribution in [1.82, 2.24) is 10.3 Å². The second kappa shape index (κ2) is 11.2. The van der Waals surface area contributed by atoms with Gasteiger partial charge in [0, 0.05) is 44.8 Å². The van der Waals surface area contributed by atoms with Crippen molar-refractivity contribution in [3.05, 3.63) is 54.1 Å². The van der Waals surface area contributed by atoms with Crippen LogP contribution in [0.4, 0.5) is 5.69 Å². The first-order valence-corrected chi connectivity index (χ1v) is 10.3. The summed E-state index contributed by atoms with van der Waals surface area (Å²) in [6.07, 6.45) is 2.04. The zero-order valence-electron chi connectivity index (χ0n) is 17.7. The first-order chi connectivity index (χ1) is 14.7. The maximum atomic E-state index is 12.1. The zero-order valence-corrected chi connectivity index (χ0v) is 17.7. The van der Waals surface area contributed by atoms with Crippen LogP contribution in [0.1, 0.15) is 18.9 Å².